The molecular weight excluding hydrogens is 294 g/mol. The number of nitrogens with one attached hydrogen (secondary N) is 2. The molecule has 0 aromatic heterocycles. The Kier molecular flexibility index (Phi) is 5.74. The first kappa shape index (κ1) is 17.4. The van der Waals surface area contributed by atoms with Crippen molar-refractivity contribution in [2.24, 2.45) is 0 Å². The molecule has 1 amide bonds. The zero-order valence-electron chi connectivity index (χ0n) is 14.1. The van der Waals surface area contributed by atoms with Gasteiger partial charge < -0.3 is 25.4 Å². The number of rotatable bonds is 5. The molecule has 0 radical (unpaired) electrons. The summed E-state index contributed by atoms with van der Waals surface area (Å²) in [7, 11) is 0. The zero-order chi connectivity index (χ0) is 17.0. The number of quaternary nitrogens is 2. The van der Waals surface area contributed by atoms with Crippen LogP contribution in [0.1, 0.15) is 23.1 Å². The summed E-state index contributed by atoms with van der Waals surface area (Å²) in [5.74, 6) is -1.41. The monoisotopic (exact) mass is 320 g/mol. The van der Waals surface area contributed by atoms with Gasteiger partial charge in [0, 0.05) is 5.69 Å². The SMILES string of the molecule is Cc1cc(C)c(NC(=O)C[C@@H](C(=O)[O-])[NH+]2CC[NH2+]CC2)c(C)c1. The first-order chi connectivity index (χ1) is 10.9. The average molecular weight is 320 g/mol. The van der Waals surface area contributed by atoms with Crippen LogP contribution < -0.4 is 20.6 Å². The molecule has 0 spiro atoms. The Morgan fingerprint density at radius 3 is 2.30 bits per heavy atom. The third-order valence-electron chi connectivity index (χ3n) is 4.45. The summed E-state index contributed by atoms with van der Waals surface area (Å²) >= 11 is 0. The maximum Gasteiger partial charge on any atom is 0.230 e. The molecule has 1 aromatic carbocycles. The minimum absolute atomic E-state index is 0.0512. The van der Waals surface area contributed by atoms with E-state index in [9.17, 15) is 14.7 Å². The van der Waals surface area contributed by atoms with Crippen LogP contribution in [0.3, 0.4) is 0 Å². The molecule has 1 saturated heterocycles. The number of hydrogen-bond donors (Lipinski definition) is 3. The van der Waals surface area contributed by atoms with E-state index in [1.54, 1.807) is 0 Å². The van der Waals surface area contributed by atoms with Crippen LogP contribution in [0.5, 0.6) is 0 Å². The van der Waals surface area contributed by atoms with E-state index in [0.29, 0.717) is 0 Å². The van der Waals surface area contributed by atoms with E-state index in [2.05, 4.69) is 10.6 Å². The van der Waals surface area contributed by atoms with Gasteiger partial charge >= 0.3 is 0 Å². The molecule has 0 bridgehead atoms. The van der Waals surface area contributed by atoms with Gasteiger partial charge in [-0.3, -0.25) is 4.79 Å². The van der Waals surface area contributed by atoms with Crippen LogP contribution in [0.4, 0.5) is 5.69 Å². The van der Waals surface area contributed by atoms with Crippen LogP contribution in [0, 0.1) is 20.8 Å². The number of carbonyl (C=O) groups excluding carboxylic acids is 2. The number of carboxylic acid groups (broad SMARTS) is 1. The van der Waals surface area contributed by atoms with E-state index in [-0.39, 0.29) is 12.3 Å². The molecule has 1 heterocycles. The molecule has 0 saturated carbocycles. The van der Waals surface area contributed by atoms with Gasteiger partial charge in [-0.1, -0.05) is 17.7 Å². The maximum absolute atomic E-state index is 12.3. The van der Waals surface area contributed by atoms with E-state index in [4.69, 9.17) is 0 Å². The minimum atomic E-state index is -1.14. The van der Waals surface area contributed by atoms with Gasteiger partial charge in [0.2, 0.25) is 5.91 Å². The van der Waals surface area contributed by atoms with Crippen molar-refractivity contribution in [1.29, 1.82) is 0 Å². The Balaban J connectivity index is 2.06. The summed E-state index contributed by atoms with van der Waals surface area (Å²) in [5, 5.41) is 16.5. The number of anilines is 1. The molecule has 1 aliphatic rings. The third kappa shape index (κ3) is 4.53. The van der Waals surface area contributed by atoms with Crippen molar-refractivity contribution >= 4 is 17.6 Å². The number of amides is 1. The highest BCUT2D eigenvalue weighted by Crippen LogP contribution is 2.22. The summed E-state index contributed by atoms with van der Waals surface area (Å²) in [6.45, 7) is 9.15. The summed E-state index contributed by atoms with van der Waals surface area (Å²) in [4.78, 5) is 24.7. The number of carbonyl (C=O) groups is 2. The Morgan fingerprint density at radius 1 is 1.22 bits per heavy atom. The van der Waals surface area contributed by atoms with Gasteiger partial charge in [0.15, 0.2) is 0 Å². The lowest BCUT2D eigenvalue weighted by Crippen LogP contribution is -3.24. The van der Waals surface area contributed by atoms with Gasteiger partial charge in [0.25, 0.3) is 0 Å². The van der Waals surface area contributed by atoms with Crippen molar-refractivity contribution < 1.29 is 24.9 Å². The van der Waals surface area contributed by atoms with E-state index in [0.717, 1.165) is 53.5 Å². The molecule has 6 nitrogen and oxygen atoms in total. The van der Waals surface area contributed by atoms with Crippen LogP contribution >= 0.6 is 0 Å². The summed E-state index contributed by atoms with van der Waals surface area (Å²) < 4.78 is 0. The van der Waals surface area contributed by atoms with Crippen molar-refractivity contribution in [2.45, 2.75) is 33.2 Å². The third-order valence-corrected chi connectivity index (χ3v) is 4.45. The number of piperazine rings is 1. The van der Waals surface area contributed by atoms with Gasteiger partial charge in [0.1, 0.15) is 32.2 Å². The van der Waals surface area contributed by atoms with Crippen molar-refractivity contribution in [3.8, 4) is 0 Å². The maximum atomic E-state index is 12.3. The lowest BCUT2D eigenvalue weighted by atomic mass is 10.0. The molecule has 126 valence electrons. The largest absolute Gasteiger partial charge is 0.544 e. The number of carboxylic acids is 1. The highest BCUT2D eigenvalue weighted by molar-refractivity contribution is 5.94. The highest BCUT2D eigenvalue weighted by Gasteiger charge is 2.29. The topological polar surface area (TPSA) is 90.3 Å². The summed E-state index contributed by atoms with van der Waals surface area (Å²) in [6, 6.07) is 3.23. The molecule has 0 unspecified atom stereocenters. The Hall–Kier alpha value is -1.92. The average Bonchev–Trinajstić information content (AvgIpc) is 2.49. The van der Waals surface area contributed by atoms with Crippen LogP contribution in [-0.4, -0.2) is 44.1 Å². The predicted octanol–water partition coefficient (Wildman–Crippen LogP) is -2.48. The second kappa shape index (κ2) is 7.57. The fourth-order valence-electron chi connectivity index (χ4n) is 3.34. The van der Waals surface area contributed by atoms with Gasteiger partial charge in [-0.25, -0.2) is 0 Å². The molecule has 4 N–H and O–H groups in total. The summed E-state index contributed by atoms with van der Waals surface area (Å²) in [5.41, 5.74) is 3.89. The van der Waals surface area contributed by atoms with Crippen LogP contribution in [0.25, 0.3) is 0 Å². The van der Waals surface area contributed by atoms with Gasteiger partial charge in [-0.2, -0.15) is 0 Å². The standard InChI is InChI=1S/C17H25N3O3/c1-11-8-12(2)16(13(3)9-11)19-15(21)10-14(17(22)23)20-6-4-18-5-7-20/h8-9,14,18H,4-7,10H2,1-3H3,(H,19,21)(H,22,23)/p+1/t14-/m0/s1. The zero-order valence-corrected chi connectivity index (χ0v) is 14.1. The number of hydrogen-bond acceptors (Lipinski definition) is 3. The second-order valence-electron chi connectivity index (χ2n) is 6.42. The molecule has 23 heavy (non-hydrogen) atoms. The molecule has 1 atom stereocenters. The first-order valence-corrected chi connectivity index (χ1v) is 8.13. The lowest BCUT2D eigenvalue weighted by molar-refractivity contribution is -0.961. The van der Waals surface area contributed by atoms with Gasteiger partial charge in [0.05, 0.1) is 12.4 Å². The number of benzene rings is 1. The Morgan fingerprint density at radius 2 is 1.78 bits per heavy atom. The highest BCUT2D eigenvalue weighted by atomic mass is 16.4. The molecule has 1 aliphatic heterocycles. The van der Waals surface area contributed by atoms with Crippen LogP contribution in [0.15, 0.2) is 12.1 Å². The van der Waals surface area contributed by atoms with Crippen molar-refractivity contribution in [3.63, 3.8) is 0 Å². The fourth-order valence-corrected chi connectivity index (χ4v) is 3.34. The normalized spacial score (nSPS) is 16.8. The van der Waals surface area contributed by atoms with Gasteiger partial charge in [-0.05, 0) is 31.9 Å². The van der Waals surface area contributed by atoms with Crippen molar-refractivity contribution in [3.05, 3.63) is 28.8 Å². The predicted molar refractivity (Wildman–Crippen MR) is 85.1 cm³/mol. The second-order valence-corrected chi connectivity index (χ2v) is 6.42. The molecular formula is C17H26N3O3+. The molecule has 6 heteroatoms. The van der Waals surface area contributed by atoms with Gasteiger partial charge in [-0.15, -0.1) is 0 Å². The number of aryl methyl sites for hydroxylation is 3. The minimum Gasteiger partial charge on any atom is -0.544 e. The smallest absolute Gasteiger partial charge is 0.230 e. The molecule has 1 aromatic rings. The number of aliphatic carboxylic acids is 1. The van der Waals surface area contributed by atoms with E-state index >= 15 is 0 Å². The van der Waals surface area contributed by atoms with Crippen LogP contribution in [-0.2, 0) is 9.59 Å². The van der Waals surface area contributed by atoms with E-state index < -0.39 is 12.0 Å². The van der Waals surface area contributed by atoms with Crippen LogP contribution in [0.2, 0.25) is 0 Å². The lowest BCUT2D eigenvalue weighted by Gasteiger charge is -2.30. The van der Waals surface area contributed by atoms with E-state index in [1.807, 2.05) is 32.9 Å². The number of nitrogens with two attached hydrogens (primary N) is 1. The fraction of sp³-hybridized carbons (Fsp3) is 0.529. The van der Waals surface area contributed by atoms with E-state index in [1.165, 1.54) is 0 Å². The summed E-state index contributed by atoms with van der Waals surface area (Å²) in [6.07, 6.45) is -0.0512. The molecule has 1 fully saturated rings. The molecule has 2 rings (SSSR count). The van der Waals surface area contributed by atoms with Crippen molar-refractivity contribution in [2.75, 3.05) is 31.5 Å². The Bertz CT molecular complexity index is 572. The van der Waals surface area contributed by atoms with Crippen molar-refractivity contribution in [1.82, 2.24) is 0 Å². The molecule has 0 aliphatic carbocycles. The Labute approximate surface area is 136 Å². The quantitative estimate of drug-likeness (QED) is 0.561. The first-order valence-electron chi connectivity index (χ1n) is 8.13.